The Balaban J connectivity index is 1.81. The van der Waals surface area contributed by atoms with Gasteiger partial charge in [-0.15, -0.1) is 0 Å². The van der Waals surface area contributed by atoms with Crippen molar-refractivity contribution in [2.75, 3.05) is 30.9 Å². The summed E-state index contributed by atoms with van der Waals surface area (Å²) >= 11 is 4.29. The predicted octanol–water partition coefficient (Wildman–Crippen LogP) is 4.72. The van der Waals surface area contributed by atoms with Gasteiger partial charge in [-0.3, -0.25) is 4.79 Å². The zero-order valence-corrected chi connectivity index (χ0v) is 19.2. The lowest BCUT2D eigenvalue weighted by Gasteiger charge is -2.18. The topological polar surface area (TPSA) is 70.2 Å². The van der Waals surface area contributed by atoms with Gasteiger partial charge in [-0.1, -0.05) is 41.9 Å². The molecular weight excluding hydrogens is 469 g/mol. The maximum absolute atomic E-state index is 14.2. The van der Waals surface area contributed by atoms with Gasteiger partial charge >= 0.3 is 0 Å². The highest BCUT2D eigenvalue weighted by atomic mass is 79.9. The molecular formula is C21H23BrFN5OS. The van der Waals surface area contributed by atoms with Crippen LogP contribution in [0.3, 0.4) is 0 Å². The minimum absolute atomic E-state index is 0.179. The first-order valence-corrected chi connectivity index (χ1v) is 11.3. The first kappa shape index (κ1) is 22.5. The molecule has 0 saturated heterocycles. The van der Waals surface area contributed by atoms with E-state index >= 15 is 0 Å². The van der Waals surface area contributed by atoms with Crippen molar-refractivity contribution in [1.29, 1.82) is 0 Å². The molecule has 3 rings (SSSR count). The molecule has 9 heteroatoms. The minimum Gasteiger partial charge on any atom is -0.349 e. The normalized spacial score (nSPS) is 11.1. The Morgan fingerprint density at radius 2 is 1.83 bits per heavy atom. The number of benzene rings is 2. The molecule has 158 valence electrons. The molecule has 0 unspecified atom stereocenters. The van der Waals surface area contributed by atoms with Gasteiger partial charge in [0.2, 0.25) is 0 Å². The summed E-state index contributed by atoms with van der Waals surface area (Å²) in [7, 11) is 0. The molecule has 3 aromatic rings. The molecule has 1 aromatic heterocycles. The number of rotatable bonds is 9. The quantitative estimate of drug-likeness (QED) is 0.422. The fourth-order valence-electron chi connectivity index (χ4n) is 2.84. The Morgan fingerprint density at radius 3 is 2.50 bits per heavy atom. The van der Waals surface area contributed by atoms with E-state index in [0.29, 0.717) is 32.8 Å². The number of hydrogen-bond acceptors (Lipinski definition) is 6. The van der Waals surface area contributed by atoms with Crippen molar-refractivity contribution in [3.8, 4) is 0 Å². The molecule has 2 aromatic carbocycles. The van der Waals surface area contributed by atoms with E-state index < -0.39 is 0 Å². The van der Waals surface area contributed by atoms with Crippen molar-refractivity contribution in [2.45, 2.75) is 18.7 Å². The van der Waals surface area contributed by atoms with Gasteiger partial charge in [-0.25, -0.2) is 14.4 Å². The molecule has 0 atom stereocenters. The van der Waals surface area contributed by atoms with E-state index in [1.807, 2.05) is 18.2 Å². The Bertz CT molecular complexity index is 1030. The zero-order valence-electron chi connectivity index (χ0n) is 16.8. The van der Waals surface area contributed by atoms with Crippen LogP contribution in [0.25, 0.3) is 11.0 Å². The van der Waals surface area contributed by atoms with Crippen molar-refractivity contribution >= 4 is 50.6 Å². The standard InChI is InChI=1S/C21H23BrFN5OS/c1-3-28(4-2)12-11-24-21(29)19-20(26-17-8-6-5-7-16(17)25-19)27-30-18-10-9-14(22)13-15(18)23/h5-10,13H,3-4,11-12H2,1-2H3,(H,24,29)(H,26,27). The average Bonchev–Trinajstić information content (AvgIpc) is 2.75. The van der Waals surface area contributed by atoms with Crippen LogP contribution >= 0.6 is 27.9 Å². The van der Waals surface area contributed by atoms with Crippen molar-refractivity contribution < 1.29 is 9.18 Å². The third kappa shape index (κ3) is 5.68. The van der Waals surface area contributed by atoms with E-state index in [1.54, 1.807) is 18.2 Å². The van der Waals surface area contributed by atoms with E-state index in [4.69, 9.17) is 0 Å². The first-order valence-electron chi connectivity index (χ1n) is 9.67. The van der Waals surface area contributed by atoms with Gasteiger partial charge in [0.1, 0.15) is 5.82 Å². The van der Waals surface area contributed by atoms with E-state index in [-0.39, 0.29) is 17.4 Å². The molecule has 0 bridgehead atoms. The highest BCUT2D eigenvalue weighted by molar-refractivity contribution is 9.10. The van der Waals surface area contributed by atoms with Crippen molar-refractivity contribution in [1.82, 2.24) is 20.2 Å². The van der Waals surface area contributed by atoms with Gasteiger partial charge in [0.25, 0.3) is 5.91 Å². The Hall–Kier alpha value is -2.23. The van der Waals surface area contributed by atoms with Crippen LogP contribution < -0.4 is 10.0 Å². The SMILES string of the molecule is CCN(CC)CCNC(=O)c1nc2ccccc2nc1NSc1ccc(Br)cc1F. The maximum atomic E-state index is 14.2. The summed E-state index contributed by atoms with van der Waals surface area (Å²) in [5.41, 5.74) is 1.45. The predicted molar refractivity (Wildman–Crippen MR) is 123 cm³/mol. The van der Waals surface area contributed by atoms with Crippen molar-refractivity contribution in [3.05, 3.63) is 58.4 Å². The van der Waals surface area contributed by atoms with Gasteiger partial charge in [0.05, 0.1) is 15.9 Å². The Labute approximate surface area is 187 Å². The number of carbonyl (C=O) groups excluding carboxylic acids is 1. The second kappa shape index (κ2) is 10.7. The van der Waals surface area contributed by atoms with E-state index in [0.717, 1.165) is 31.6 Å². The molecule has 2 N–H and O–H groups in total. The summed E-state index contributed by atoms with van der Waals surface area (Å²) in [6.45, 7) is 7.26. The number of carbonyl (C=O) groups is 1. The maximum Gasteiger partial charge on any atom is 0.273 e. The second-order valence-corrected chi connectivity index (χ2v) is 8.23. The van der Waals surface area contributed by atoms with E-state index in [2.05, 4.69) is 54.7 Å². The number of para-hydroxylation sites is 2. The molecule has 0 saturated carbocycles. The molecule has 30 heavy (non-hydrogen) atoms. The summed E-state index contributed by atoms with van der Waals surface area (Å²) in [5.74, 6) is -0.401. The average molecular weight is 492 g/mol. The number of hydrogen-bond donors (Lipinski definition) is 2. The number of fused-ring (bicyclic) bond motifs is 1. The third-order valence-corrected chi connectivity index (χ3v) is 5.88. The second-order valence-electron chi connectivity index (χ2n) is 6.47. The highest BCUT2D eigenvalue weighted by Crippen LogP contribution is 2.27. The van der Waals surface area contributed by atoms with Gasteiger partial charge < -0.3 is 14.9 Å². The number of aromatic nitrogens is 2. The van der Waals surface area contributed by atoms with Crippen LogP contribution in [-0.2, 0) is 0 Å². The van der Waals surface area contributed by atoms with Crippen LogP contribution in [0, 0.1) is 5.82 Å². The molecule has 0 spiro atoms. The summed E-state index contributed by atoms with van der Waals surface area (Å²) in [4.78, 5) is 24.5. The van der Waals surface area contributed by atoms with Crippen LogP contribution in [0.5, 0.6) is 0 Å². The molecule has 1 heterocycles. The van der Waals surface area contributed by atoms with Crippen molar-refractivity contribution in [3.63, 3.8) is 0 Å². The van der Waals surface area contributed by atoms with Gasteiger partial charge in [-0.05, 0) is 55.4 Å². The number of nitrogens with one attached hydrogen (secondary N) is 2. The molecule has 0 aliphatic carbocycles. The monoisotopic (exact) mass is 491 g/mol. The molecule has 0 aliphatic heterocycles. The van der Waals surface area contributed by atoms with Gasteiger partial charge in [0, 0.05) is 17.6 Å². The van der Waals surface area contributed by atoms with E-state index in [9.17, 15) is 9.18 Å². The fraction of sp³-hybridized carbons (Fsp3) is 0.286. The largest absolute Gasteiger partial charge is 0.349 e. The molecule has 0 radical (unpaired) electrons. The lowest BCUT2D eigenvalue weighted by atomic mass is 10.2. The van der Waals surface area contributed by atoms with Crippen LogP contribution in [0.1, 0.15) is 24.3 Å². The van der Waals surface area contributed by atoms with Crippen LogP contribution in [0.2, 0.25) is 0 Å². The summed E-state index contributed by atoms with van der Waals surface area (Å²) in [6, 6.07) is 12.1. The number of halogens is 2. The lowest BCUT2D eigenvalue weighted by molar-refractivity contribution is 0.0945. The van der Waals surface area contributed by atoms with Crippen LogP contribution in [-0.4, -0.2) is 47.0 Å². The summed E-state index contributed by atoms with van der Waals surface area (Å²) < 4.78 is 17.8. The summed E-state index contributed by atoms with van der Waals surface area (Å²) in [5, 5.41) is 2.91. The number of amides is 1. The van der Waals surface area contributed by atoms with Crippen LogP contribution in [0.4, 0.5) is 10.2 Å². The highest BCUT2D eigenvalue weighted by Gasteiger charge is 2.17. The molecule has 6 nitrogen and oxygen atoms in total. The molecule has 0 fully saturated rings. The van der Waals surface area contributed by atoms with Gasteiger partial charge in [-0.2, -0.15) is 0 Å². The zero-order chi connectivity index (χ0) is 21.5. The van der Waals surface area contributed by atoms with Gasteiger partial charge in [0.15, 0.2) is 11.5 Å². The molecule has 0 aliphatic rings. The minimum atomic E-state index is -0.374. The third-order valence-electron chi connectivity index (χ3n) is 4.55. The van der Waals surface area contributed by atoms with E-state index in [1.165, 1.54) is 6.07 Å². The first-order chi connectivity index (χ1) is 14.5. The van der Waals surface area contributed by atoms with Crippen LogP contribution in [0.15, 0.2) is 51.8 Å². The Morgan fingerprint density at radius 1 is 1.13 bits per heavy atom. The fourth-order valence-corrected chi connectivity index (χ4v) is 3.82. The smallest absolute Gasteiger partial charge is 0.273 e. The number of anilines is 1. The number of nitrogens with zero attached hydrogens (tertiary/aromatic N) is 3. The van der Waals surface area contributed by atoms with Crippen molar-refractivity contribution in [2.24, 2.45) is 0 Å². The lowest BCUT2D eigenvalue weighted by Crippen LogP contribution is -2.35. The molecule has 1 amide bonds. The Kier molecular flexibility index (Phi) is 8.01. The summed E-state index contributed by atoms with van der Waals surface area (Å²) in [6.07, 6.45) is 0. The number of likely N-dealkylation sites (N-methyl/N-ethyl adjacent to an activating group) is 1.